The Labute approximate surface area is 118 Å². The summed E-state index contributed by atoms with van der Waals surface area (Å²) in [5.41, 5.74) is -0.0362. The lowest BCUT2D eigenvalue weighted by Gasteiger charge is -2.14. The van der Waals surface area contributed by atoms with Crippen LogP contribution in [-0.2, 0) is 16.4 Å². The molecule has 1 aromatic rings. The van der Waals surface area contributed by atoms with Crippen molar-refractivity contribution in [2.45, 2.75) is 39.5 Å². The van der Waals surface area contributed by atoms with Crippen molar-refractivity contribution in [3.63, 3.8) is 0 Å². The third kappa shape index (κ3) is 3.27. The number of aromatic nitrogens is 1. The van der Waals surface area contributed by atoms with Crippen LogP contribution in [0.5, 0.6) is 0 Å². The molecule has 1 heterocycles. The lowest BCUT2D eigenvalue weighted by atomic mass is 10.1. The molecule has 0 unspecified atom stereocenters. The number of carbonyl (C=O) groups is 1. The van der Waals surface area contributed by atoms with E-state index in [1.54, 1.807) is 33.8 Å². The number of nitrogens with zero attached hydrogens (tertiary/aromatic N) is 1. The quantitative estimate of drug-likeness (QED) is 0.875. The van der Waals surface area contributed by atoms with Crippen molar-refractivity contribution >= 4 is 15.8 Å². The van der Waals surface area contributed by atoms with Crippen molar-refractivity contribution in [1.82, 2.24) is 4.57 Å². The summed E-state index contributed by atoms with van der Waals surface area (Å²) >= 11 is 0. The van der Waals surface area contributed by atoms with Crippen LogP contribution in [0, 0.1) is 13.8 Å². The molecule has 0 fully saturated rings. The van der Waals surface area contributed by atoms with Gasteiger partial charge in [-0.3, -0.25) is 4.79 Å². The molecule has 0 saturated carbocycles. The summed E-state index contributed by atoms with van der Waals surface area (Å²) in [6.07, 6.45) is 0. The average Bonchev–Trinajstić information content (AvgIpc) is 2.26. The lowest BCUT2D eigenvalue weighted by Crippen LogP contribution is -2.32. The molecular weight excluding hydrogens is 282 g/mol. The van der Waals surface area contributed by atoms with Gasteiger partial charge < -0.3 is 9.67 Å². The van der Waals surface area contributed by atoms with Crippen LogP contribution < -0.4 is 5.56 Å². The van der Waals surface area contributed by atoms with Gasteiger partial charge in [-0.2, -0.15) is 0 Å². The Kier molecular flexibility index (Phi) is 4.75. The molecule has 0 aliphatic rings. The van der Waals surface area contributed by atoms with Crippen LogP contribution in [0.1, 0.15) is 35.5 Å². The van der Waals surface area contributed by atoms with Crippen LogP contribution in [-0.4, -0.2) is 35.1 Å². The van der Waals surface area contributed by atoms with E-state index in [2.05, 4.69) is 0 Å². The highest BCUT2D eigenvalue weighted by Crippen LogP contribution is 2.08. The van der Waals surface area contributed by atoms with Gasteiger partial charge in [-0.1, -0.05) is 0 Å². The zero-order valence-electron chi connectivity index (χ0n) is 12.0. The molecule has 0 saturated heterocycles. The van der Waals surface area contributed by atoms with Gasteiger partial charge in [-0.05, 0) is 39.3 Å². The maximum absolute atomic E-state index is 12.1. The fourth-order valence-corrected chi connectivity index (χ4v) is 2.83. The van der Waals surface area contributed by atoms with Gasteiger partial charge in [0.2, 0.25) is 0 Å². The van der Waals surface area contributed by atoms with Crippen molar-refractivity contribution in [3.05, 3.63) is 33.2 Å². The molecule has 0 bridgehead atoms. The summed E-state index contributed by atoms with van der Waals surface area (Å²) < 4.78 is 24.8. The molecular formula is C13H19NO5S. The predicted molar refractivity (Wildman–Crippen MR) is 76.1 cm³/mol. The highest BCUT2D eigenvalue weighted by Gasteiger charge is 2.20. The molecule has 112 valence electrons. The Bertz CT molecular complexity index is 685. The van der Waals surface area contributed by atoms with Crippen LogP contribution in [0.15, 0.2) is 10.9 Å². The zero-order chi connectivity index (χ0) is 15.7. The van der Waals surface area contributed by atoms with Gasteiger partial charge in [0, 0.05) is 12.2 Å². The van der Waals surface area contributed by atoms with Gasteiger partial charge in [-0.25, -0.2) is 13.2 Å². The van der Waals surface area contributed by atoms with E-state index in [0.29, 0.717) is 11.3 Å². The smallest absolute Gasteiger partial charge is 0.341 e. The predicted octanol–water partition coefficient (Wildman–Crippen LogP) is 0.987. The third-order valence-corrected chi connectivity index (χ3v) is 5.42. The Morgan fingerprint density at radius 2 is 1.90 bits per heavy atom. The second-order valence-corrected chi connectivity index (χ2v) is 7.70. The number of aryl methyl sites for hydroxylation is 2. The monoisotopic (exact) mass is 301 g/mol. The number of hydrogen-bond donors (Lipinski definition) is 1. The molecule has 20 heavy (non-hydrogen) atoms. The largest absolute Gasteiger partial charge is 0.477 e. The molecule has 1 aromatic heterocycles. The van der Waals surface area contributed by atoms with E-state index in [-0.39, 0.29) is 17.9 Å². The van der Waals surface area contributed by atoms with E-state index in [1.807, 2.05) is 0 Å². The van der Waals surface area contributed by atoms with E-state index in [1.165, 1.54) is 4.57 Å². The van der Waals surface area contributed by atoms with E-state index in [0.717, 1.165) is 0 Å². The molecule has 1 N–H and O–H groups in total. The van der Waals surface area contributed by atoms with E-state index in [9.17, 15) is 18.0 Å². The van der Waals surface area contributed by atoms with Crippen molar-refractivity contribution in [2.75, 3.05) is 5.75 Å². The first-order chi connectivity index (χ1) is 9.08. The van der Waals surface area contributed by atoms with Crippen molar-refractivity contribution in [2.24, 2.45) is 0 Å². The van der Waals surface area contributed by atoms with Crippen molar-refractivity contribution < 1.29 is 18.3 Å². The third-order valence-electron chi connectivity index (χ3n) is 3.24. The molecule has 0 aliphatic heterocycles. The number of pyridine rings is 1. The average molecular weight is 301 g/mol. The summed E-state index contributed by atoms with van der Waals surface area (Å²) in [6, 6.07) is 1.58. The van der Waals surface area contributed by atoms with Crippen LogP contribution in [0.3, 0.4) is 0 Å². The lowest BCUT2D eigenvalue weighted by molar-refractivity contribution is 0.0693. The van der Waals surface area contributed by atoms with Crippen LogP contribution in [0.25, 0.3) is 0 Å². The summed E-state index contributed by atoms with van der Waals surface area (Å²) in [5, 5.41) is 8.52. The first kappa shape index (κ1) is 16.4. The van der Waals surface area contributed by atoms with Gasteiger partial charge in [0.25, 0.3) is 5.56 Å². The second-order valence-electron chi connectivity index (χ2n) is 5.02. The summed E-state index contributed by atoms with van der Waals surface area (Å²) in [7, 11) is -3.28. The summed E-state index contributed by atoms with van der Waals surface area (Å²) in [6.45, 7) is 6.31. The minimum atomic E-state index is -3.28. The van der Waals surface area contributed by atoms with Crippen molar-refractivity contribution in [1.29, 1.82) is 0 Å². The number of hydrogen-bond acceptors (Lipinski definition) is 4. The first-order valence-electron chi connectivity index (χ1n) is 6.24. The Balaban J connectivity index is 3.25. The van der Waals surface area contributed by atoms with E-state index < -0.39 is 26.6 Å². The highest BCUT2D eigenvalue weighted by atomic mass is 32.2. The Hall–Kier alpha value is -1.63. The van der Waals surface area contributed by atoms with Gasteiger partial charge in [0.1, 0.15) is 5.56 Å². The normalized spacial score (nSPS) is 11.8. The molecule has 7 heteroatoms. The number of sulfone groups is 1. The maximum atomic E-state index is 12.1. The number of carboxylic acid groups (broad SMARTS) is 1. The first-order valence-corrected chi connectivity index (χ1v) is 7.95. The highest BCUT2D eigenvalue weighted by molar-refractivity contribution is 7.91. The topological polar surface area (TPSA) is 93.4 Å². The number of aromatic carboxylic acids is 1. The molecule has 0 atom stereocenters. The summed E-state index contributed by atoms with van der Waals surface area (Å²) in [5.74, 6) is -1.49. The number of rotatable bonds is 5. The van der Waals surface area contributed by atoms with Crippen LogP contribution >= 0.6 is 0 Å². The molecule has 1 rings (SSSR count). The van der Waals surface area contributed by atoms with E-state index >= 15 is 0 Å². The van der Waals surface area contributed by atoms with Gasteiger partial charge in [-0.15, -0.1) is 0 Å². The van der Waals surface area contributed by atoms with Crippen LogP contribution in [0.2, 0.25) is 0 Å². The SMILES string of the molecule is Cc1cc(C)n(CCS(=O)(=O)C(C)C)c(=O)c1C(=O)O. The maximum Gasteiger partial charge on any atom is 0.341 e. The Morgan fingerprint density at radius 1 is 1.35 bits per heavy atom. The minimum Gasteiger partial charge on any atom is -0.477 e. The van der Waals surface area contributed by atoms with Gasteiger partial charge in [0.05, 0.1) is 11.0 Å². The molecule has 6 nitrogen and oxygen atoms in total. The van der Waals surface area contributed by atoms with Crippen LogP contribution in [0.4, 0.5) is 0 Å². The van der Waals surface area contributed by atoms with Gasteiger partial charge in [0.15, 0.2) is 9.84 Å². The molecule has 0 amide bonds. The minimum absolute atomic E-state index is 0.0360. The summed E-state index contributed by atoms with van der Waals surface area (Å²) in [4.78, 5) is 23.2. The fourth-order valence-electron chi connectivity index (χ4n) is 1.92. The van der Waals surface area contributed by atoms with Gasteiger partial charge >= 0.3 is 5.97 Å². The standard InChI is InChI=1S/C13H19NO5S/c1-8(2)20(18,19)6-5-14-10(4)7-9(3)11(12(14)15)13(16)17/h7-8H,5-6H2,1-4H3,(H,16,17). The molecule has 0 radical (unpaired) electrons. The fraction of sp³-hybridized carbons (Fsp3) is 0.538. The molecule has 0 aliphatic carbocycles. The molecule has 0 aromatic carbocycles. The second kappa shape index (κ2) is 5.78. The number of carboxylic acids is 1. The van der Waals surface area contributed by atoms with E-state index in [4.69, 9.17) is 5.11 Å². The van der Waals surface area contributed by atoms with Crippen molar-refractivity contribution in [3.8, 4) is 0 Å². The zero-order valence-corrected chi connectivity index (χ0v) is 12.8. The Morgan fingerprint density at radius 3 is 2.35 bits per heavy atom. The molecule has 0 spiro atoms.